The minimum absolute atomic E-state index is 0.0860. The molecule has 2 aromatic carbocycles. The zero-order valence-corrected chi connectivity index (χ0v) is 14.8. The number of nitriles is 1. The molecule has 0 bridgehead atoms. The highest BCUT2D eigenvalue weighted by atomic mass is 79.9. The van der Waals surface area contributed by atoms with E-state index in [1.54, 1.807) is 25.1 Å². The van der Waals surface area contributed by atoms with Crippen LogP contribution in [-0.4, -0.2) is 12.6 Å². The van der Waals surface area contributed by atoms with Gasteiger partial charge in [0.1, 0.15) is 11.5 Å². The highest BCUT2D eigenvalue weighted by Crippen LogP contribution is 2.33. The second-order valence-corrected chi connectivity index (χ2v) is 5.91. The average molecular weight is 410 g/mol. The molecule has 0 heterocycles. The van der Waals surface area contributed by atoms with Crippen molar-refractivity contribution in [2.24, 2.45) is 0 Å². The van der Waals surface area contributed by atoms with Crippen LogP contribution in [0.25, 0.3) is 0 Å². The second kappa shape index (κ2) is 8.58. The van der Waals surface area contributed by atoms with Crippen LogP contribution in [0.2, 0.25) is 0 Å². The molecule has 0 spiro atoms. The van der Waals surface area contributed by atoms with Crippen LogP contribution < -0.4 is 4.74 Å². The molecule has 0 unspecified atom stereocenters. The van der Waals surface area contributed by atoms with E-state index in [0.29, 0.717) is 16.8 Å². The van der Waals surface area contributed by atoms with Crippen molar-refractivity contribution >= 4 is 21.9 Å². The highest BCUT2D eigenvalue weighted by Gasteiger charge is 2.13. The van der Waals surface area contributed by atoms with E-state index >= 15 is 0 Å². The third-order valence-electron chi connectivity index (χ3n) is 3.19. The molecule has 0 saturated heterocycles. The maximum absolute atomic E-state index is 12.9. The van der Waals surface area contributed by atoms with Crippen LogP contribution in [0, 0.1) is 11.3 Å². The summed E-state index contributed by atoms with van der Waals surface area (Å²) < 4.78 is 36.8. The first kappa shape index (κ1) is 18.9. The highest BCUT2D eigenvalue weighted by molar-refractivity contribution is 9.10. The van der Waals surface area contributed by atoms with Crippen molar-refractivity contribution in [3.63, 3.8) is 0 Å². The number of carbonyl (C=O) groups is 1. The lowest BCUT2D eigenvalue weighted by Crippen LogP contribution is -2.07. The molecule has 0 fully saturated rings. The molecule has 130 valence electrons. The van der Waals surface area contributed by atoms with Gasteiger partial charge in [0, 0.05) is 5.56 Å². The number of rotatable bonds is 6. The van der Waals surface area contributed by atoms with Gasteiger partial charge in [0.2, 0.25) is 0 Å². The molecule has 0 N–H and O–H groups in total. The Morgan fingerprint density at radius 1 is 1.28 bits per heavy atom. The molecule has 0 aliphatic carbocycles. The summed E-state index contributed by atoms with van der Waals surface area (Å²) in [5.74, 6) is 0.169. The molecule has 0 aliphatic rings. The van der Waals surface area contributed by atoms with E-state index in [4.69, 9.17) is 14.7 Å². The fraction of sp³-hybridized carbons (Fsp3) is 0.222. The SMILES string of the molecule is CCOC(=O)Cc1ccc(Oc2cc(C#N)cc(C(F)F)c2)c(Br)c1. The summed E-state index contributed by atoms with van der Waals surface area (Å²) in [4.78, 5) is 11.5. The monoisotopic (exact) mass is 409 g/mol. The largest absolute Gasteiger partial charge is 0.466 e. The Labute approximate surface area is 152 Å². The Bertz CT molecular complexity index is 818. The molecule has 0 saturated carbocycles. The van der Waals surface area contributed by atoms with E-state index in [2.05, 4.69) is 15.9 Å². The molecule has 0 radical (unpaired) electrons. The number of nitrogens with zero attached hydrogens (tertiary/aromatic N) is 1. The molecule has 2 rings (SSSR count). The number of alkyl halides is 2. The Balaban J connectivity index is 2.22. The van der Waals surface area contributed by atoms with Crippen LogP contribution in [-0.2, 0) is 16.0 Å². The Morgan fingerprint density at radius 2 is 2.04 bits per heavy atom. The summed E-state index contributed by atoms with van der Waals surface area (Å²) in [6, 6.07) is 10.5. The number of halogens is 3. The fourth-order valence-corrected chi connectivity index (χ4v) is 2.62. The first-order valence-corrected chi connectivity index (χ1v) is 8.17. The minimum Gasteiger partial charge on any atom is -0.466 e. The van der Waals surface area contributed by atoms with Crippen LogP contribution in [0.5, 0.6) is 11.5 Å². The minimum atomic E-state index is -2.70. The van der Waals surface area contributed by atoms with Gasteiger partial charge in [-0.05, 0) is 58.7 Å². The third-order valence-corrected chi connectivity index (χ3v) is 3.81. The van der Waals surface area contributed by atoms with Gasteiger partial charge in [-0.2, -0.15) is 5.26 Å². The summed E-state index contributed by atoms with van der Waals surface area (Å²) in [6.45, 7) is 2.04. The molecule has 0 aliphatic heterocycles. The topological polar surface area (TPSA) is 59.3 Å². The van der Waals surface area contributed by atoms with E-state index in [1.807, 2.05) is 6.07 Å². The number of hydrogen-bond donors (Lipinski definition) is 0. The molecule has 0 aromatic heterocycles. The maximum atomic E-state index is 12.9. The molecule has 7 heteroatoms. The zero-order chi connectivity index (χ0) is 18.4. The number of esters is 1. The molecule has 25 heavy (non-hydrogen) atoms. The third kappa shape index (κ3) is 5.26. The molecule has 0 atom stereocenters. The van der Waals surface area contributed by atoms with Crippen LogP contribution in [0.1, 0.15) is 30.0 Å². The second-order valence-electron chi connectivity index (χ2n) is 5.05. The number of hydrogen-bond acceptors (Lipinski definition) is 4. The normalized spacial score (nSPS) is 10.4. The Hall–Kier alpha value is -2.46. The molecular formula is C18H14BrF2NO3. The van der Waals surface area contributed by atoms with Gasteiger partial charge in [-0.15, -0.1) is 0 Å². The smallest absolute Gasteiger partial charge is 0.310 e. The summed E-state index contributed by atoms with van der Waals surface area (Å²) in [7, 11) is 0. The van der Waals surface area contributed by atoms with E-state index < -0.39 is 6.43 Å². The Kier molecular flexibility index (Phi) is 6.48. The van der Waals surface area contributed by atoms with Crippen LogP contribution in [0.15, 0.2) is 40.9 Å². The number of benzene rings is 2. The zero-order valence-electron chi connectivity index (χ0n) is 13.3. The summed E-state index contributed by atoms with van der Waals surface area (Å²) in [5.41, 5.74) is 0.517. The molecule has 2 aromatic rings. The summed E-state index contributed by atoms with van der Waals surface area (Å²) in [6.07, 6.45) is -2.59. The first-order chi connectivity index (χ1) is 11.9. The number of carbonyl (C=O) groups excluding carboxylic acids is 1. The van der Waals surface area contributed by atoms with Crippen LogP contribution in [0.4, 0.5) is 8.78 Å². The predicted octanol–water partition coefficient (Wildman–Crippen LogP) is 5.16. The lowest BCUT2D eigenvalue weighted by atomic mass is 10.1. The van der Waals surface area contributed by atoms with Gasteiger partial charge >= 0.3 is 5.97 Å². The Morgan fingerprint density at radius 3 is 2.64 bits per heavy atom. The van der Waals surface area contributed by atoms with E-state index in [-0.39, 0.29) is 29.3 Å². The average Bonchev–Trinajstić information content (AvgIpc) is 2.57. The van der Waals surface area contributed by atoms with Crippen molar-refractivity contribution in [1.82, 2.24) is 0 Å². The van der Waals surface area contributed by atoms with E-state index in [9.17, 15) is 13.6 Å². The van der Waals surface area contributed by atoms with Crippen molar-refractivity contribution in [2.75, 3.05) is 6.61 Å². The van der Waals surface area contributed by atoms with Crippen LogP contribution in [0.3, 0.4) is 0 Å². The fourth-order valence-electron chi connectivity index (χ4n) is 2.11. The van der Waals surface area contributed by atoms with E-state index in [1.165, 1.54) is 12.1 Å². The summed E-state index contributed by atoms with van der Waals surface area (Å²) >= 11 is 3.33. The molecule has 0 amide bonds. The van der Waals surface area contributed by atoms with Crippen molar-refractivity contribution in [2.45, 2.75) is 19.8 Å². The van der Waals surface area contributed by atoms with Crippen molar-refractivity contribution in [1.29, 1.82) is 5.26 Å². The first-order valence-electron chi connectivity index (χ1n) is 7.38. The van der Waals surface area contributed by atoms with Gasteiger partial charge in [0.15, 0.2) is 0 Å². The van der Waals surface area contributed by atoms with Gasteiger partial charge in [-0.1, -0.05) is 6.07 Å². The van der Waals surface area contributed by atoms with Crippen molar-refractivity contribution < 1.29 is 23.0 Å². The maximum Gasteiger partial charge on any atom is 0.310 e. The standard InChI is InChI=1S/C18H14BrF2NO3/c1-2-24-17(23)8-11-3-4-16(15(19)7-11)25-14-6-12(10-22)5-13(9-14)18(20)21/h3-7,9,18H,2,8H2,1H3. The van der Waals surface area contributed by atoms with Gasteiger partial charge in [-0.25, -0.2) is 8.78 Å². The van der Waals surface area contributed by atoms with Crippen molar-refractivity contribution in [3.8, 4) is 17.6 Å². The lowest BCUT2D eigenvalue weighted by Gasteiger charge is -2.11. The molecular weight excluding hydrogens is 396 g/mol. The van der Waals surface area contributed by atoms with Crippen molar-refractivity contribution in [3.05, 3.63) is 57.6 Å². The van der Waals surface area contributed by atoms with E-state index in [0.717, 1.165) is 11.6 Å². The van der Waals surface area contributed by atoms with Gasteiger partial charge in [0.25, 0.3) is 6.43 Å². The molecule has 4 nitrogen and oxygen atoms in total. The lowest BCUT2D eigenvalue weighted by molar-refractivity contribution is -0.142. The van der Waals surface area contributed by atoms with Gasteiger partial charge in [-0.3, -0.25) is 4.79 Å². The van der Waals surface area contributed by atoms with Gasteiger partial charge < -0.3 is 9.47 Å². The summed E-state index contributed by atoms with van der Waals surface area (Å²) in [5, 5.41) is 8.95. The van der Waals surface area contributed by atoms with Gasteiger partial charge in [0.05, 0.1) is 29.1 Å². The predicted molar refractivity (Wildman–Crippen MR) is 90.7 cm³/mol. The quantitative estimate of drug-likeness (QED) is 0.618. The van der Waals surface area contributed by atoms with Crippen LogP contribution >= 0.6 is 15.9 Å². The number of ether oxygens (including phenoxy) is 2.